The van der Waals surface area contributed by atoms with Crippen LogP contribution < -0.4 is 14.2 Å². The molecular formula is C8H7ClO3. The highest BCUT2D eigenvalue weighted by Crippen LogP contribution is 2.43. The minimum absolute atomic E-state index is 0.224. The van der Waals surface area contributed by atoms with E-state index in [0.29, 0.717) is 22.3 Å². The second kappa shape index (κ2) is 2.75. The lowest BCUT2D eigenvalue weighted by Gasteiger charge is -2.04. The third-order valence-corrected chi connectivity index (χ3v) is 2.02. The maximum Gasteiger partial charge on any atom is 0.231 e. The number of hydrogen-bond donors (Lipinski definition) is 0. The molecule has 1 heterocycles. The predicted molar refractivity (Wildman–Crippen MR) is 44.1 cm³/mol. The summed E-state index contributed by atoms with van der Waals surface area (Å²) < 4.78 is 15.3. The molecule has 2 rings (SSSR count). The molecule has 0 saturated carbocycles. The van der Waals surface area contributed by atoms with Crippen LogP contribution in [0.25, 0.3) is 0 Å². The SMILES string of the molecule is COc1ccc2c(c1Cl)OCO2. The molecule has 0 amide bonds. The Morgan fingerprint density at radius 3 is 3.00 bits per heavy atom. The fraction of sp³-hybridized carbons (Fsp3) is 0.250. The topological polar surface area (TPSA) is 27.7 Å². The summed E-state index contributed by atoms with van der Waals surface area (Å²) in [7, 11) is 1.56. The average molecular weight is 187 g/mol. The summed E-state index contributed by atoms with van der Waals surface area (Å²) in [4.78, 5) is 0. The maximum atomic E-state index is 5.92. The summed E-state index contributed by atoms with van der Waals surface area (Å²) in [6, 6.07) is 3.52. The average Bonchev–Trinajstić information content (AvgIpc) is 2.53. The second-order valence-electron chi connectivity index (χ2n) is 2.32. The Morgan fingerprint density at radius 2 is 2.25 bits per heavy atom. The first kappa shape index (κ1) is 7.55. The lowest BCUT2D eigenvalue weighted by atomic mass is 10.3. The fourth-order valence-corrected chi connectivity index (χ4v) is 1.37. The summed E-state index contributed by atoms with van der Waals surface area (Å²) in [5.41, 5.74) is 0. The van der Waals surface area contributed by atoms with Crippen LogP contribution in [0.1, 0.15) is 0 Å². The van der Waals surface area contributed by atoms with Crippen molar-refractivity contribution in [2.24, 2.45) is 0 Å². The van der Waals surface area contributed by atoms with Crippen molar-refractivity contribution in [2.45, 2.75) is 0 Å². The van der Waals surface area contributed by atoms with Crippen LogP contribution in [0.2, 0.25) is 5.02 Å². The zero-order chi connectivity index (χ0) is 8.55. The first-order valence-electron chi connectivity index (χ1n) is 3.45. The Kier molecular flexibility index (Phi) is 1.73. The second-order valence-corrected chi connectivity index (χ2v) is 2.69. The molecule has 1 aromatic carbocycles. The van der Waals surface area contributed by atoms with Crippen molar-refractivity contribution >= 4 is 11.6 Å². The van der Waals surface area contributed by atoms with Crippen LogP contribution in [0.3, 0.4) is 0 Å². The van der Waals surface area contributed by atoms with Crippen molar-refractivity contribution in [2.75, 3.05) is 13.9 Å². The van der Waals surface area contributed by atoms with Gasteiger partial charge in [0.1, 0.15) is 10.8 Å². The number of benzene rings is 1. The third-order valence-electron chi connectivity index (χ3n) is 1.66. The van der Waals surface area contributed by atoms with Crippen molar-refractivity contribution < 1.29 is 14.2 Å². The molecule has 64 valence electrons. The van der Waals surface area contributed by atoms with Gasteiger partial charge in [-0.2, -0.15) is 0 Å². The Bertz CT molecular complexity index is 311. The van der Waals surface area contributed by atoms with Crippen LogP contribution >= 0.6 is 11.6 Å². The van der Waals surface area contributed by atoms with Gasteiger partial charge in [-0.05, 0) is 12.1 Å². The van der Waals surface area contributed by atoms with E-state index in [1.165, 1.54) is 0 Å². The van der Waals surface area contributed by atoms with E-state index in [9.17, 15) is 0 Å². The Morgan fingerprint density at radius 1 is 1.42 bits per heavy atom. The molecule has 0 unspecified atom stereocenters. The third kappa shape index (κ3) is 0.975. The van der Waals surface area contributed by atoms with E-state index in [1.807, 2.05) is 0 Å². The van der Waals surface area contributed by atoms with Gasteiger partial charge >= 0.3 is 0 Å². The van der Waals surface area contributed by atoms with Crippen LogP contribution in [0.4, 0.5) is 0 Å². The first-order chi connectivity index (χ1) is 5.83. The van der Waals surface area contributed by atoms with Crippen LogP contribution in [0, 0.1) is 0 Å². The lowest BCUT2D eigenvalue weighted by Crippen LogP contribution is -1.93. The van der Waals surface area contributed by atoms with Crippen LogP contribution in [-0.4, -0.2) is 13.9 Å². The minimum Gasteiger partial charge on any atom is -0.495 e. The van der Waals surface area contributed by atoms with Gasteiger partial charge in [0.25, 0.3) is 0 Å². The van der Waals surface area contributed by atoms with E-state index in [-0.39, 0.29) is 6.79 Å². The van der Waals surface area contributed by atoms with E-state index in [0.717, 1.165) is 0 Å². The summed E-state index contributed by atoms with van der Waals surface area (Å²) in [6.07, 6.45) is 0. The number of hydrogen-bond acceptors (Lipinski definition) is 3. The lowest BCUT2D eigenvalue weighted by molar-refractivity contribution is 0.174. The molecule has 0 atom stereocenters. The van der Waals surface area contributed by atoms with Gasteiger partial charge in [0, 0.05) is 0 Å². The van der Waals surface area contributed by atoms with Gasteiger partial charge in [-0.25, -0.2) is 0 Å². The van der Waals surface area contributed by atoms with E-state index >= 15 is 0 Å². The zero-order valence-corrected chi connectivity index (χ0v) is 7.22. The Balaban J connectivity index is 2.54. The van der Waals surface area contributed by atoms with E-state index < -0.39 is 0 Å². The molecule has 1 aliphatic rings. The molecule has 3 nitrogen and oxygen atoms in total. The normalized spacial score (nSPS) is 13.2. The standard InChI is InChI=1S/C8H7ClO3/c1-10-5-2-3-6-8(7(5)9)12-4-11-6/h2-3H,4H2,1H3. The summed E-state index contributed by atoms with van der Waals surface area (Å²) in [5, 5.41) is 0.465. The smallest absolute Gasteiger partial charge is 0.231 e. The molecule has 0 bridgehead atoms. The molecule has 0 saturated heterocycles. The Hall–Kier alpha value is -1.09. The molecule has 1 aromatic rings. The highest BCUT2D eigenvalue weighted by molar-refractivity contribution is 6.33. The molecule has 0 aliphatic carbocycles. The zero-order valence-electron chi connectivity index (χ0n) is 6.46. The van der Waals surface area contributed by atoms with Gasteiger partial charge in [-0.3, -0.25) is 0 Å². The van der Waals surface area contributed by atoms with E-state index in [1.54, 1.807) is 19.2 Å². The summed E-state index contributed by atoms with van der Waals surface area (Å²) in [6.45, 7) is 0.224. The van der Waals surface area contributed by atoms with Crippen molar-refractivity contribution in [1.82, 2.24) is 0 Å². The maximum absolute atomic E-state index is 5.92. The molecule has 0 N–H and O–H groups in total. The number of halogens is 1. The van der Waals surface area contributed by atoms with Gasteiger partial charge in [0.15, 0.2) is 11.5 Å². The number of ether oxygens (including phenoxy) is 3. The predicted octanol–water partition coefficient (Wildman–Crippen LogP) is 2.08. The van der Waals surface area contributed by atoms with Gasteiger partial charge in [0.05, 0.1) is 7.11 Å². The molecule has 0 fully saturated rings. The molecule has 12 heavy (non-hydrogen) atoms. The first-order valence-corrected chi connectivity index (χ1v) is 3.83. The van der Waals surface area contributed by atoms with E-state index in [4.69, 9.17) is 25.8 Å². The van der Waals surface area contributed by atoms with Crippen LogP contribution in [-0.2, 0) is 0 Å². The van der Waals surface area contributed by atoms with Crippen molar-refractivity contribution in [3.05, 3.63) is 17.2 Å². The van der Waals surface area contributed by atoms with Crippen molar-refractivity contribution in [3.8, 4) is 17.2 Å². The molecular weight excluding hydrogens is 180 g/mol. The highest BCUT2D eigenvalue weighted by Gasteiger charge is 2.19. The Labute approximate surface area is 74.8 Å². The van der Waals surface area contributed by atoms with Gasteiger partial charge in [-0.1, -0.05) is 11.6 Å². The highest BCUT2D eigenvalue weighted by atomic mass is 35.5. The summed E-state index contributed by atoms with van der Waals surface area (Å²) >= 11 is 5.92. The quantitative estimate of drug-likeness (QED) is 0.672. The fourth-order valence-electron chi connectivity index (χ4n) is 1.08. The molecule has 0 radical (unpaired) electrons. The molecule has 0 spiro atoms. The minimum atomic E-state index is 0.224. The monoisotopic (exact) mass is 186 g/mol. The van der Waals surface area contributed by atoms with Crippen LogP contribution in [0.15, 0.2) is 12.1 Å². The number of methoxy groups -OCH3 is 1. The summed E-state index contributed by atoms with van der Waals surface area (Å²) in [5.74, 6) is 1.83. The van der Waals surface area contributed by atoms with Crippen molar-refractivity contribution in [1.29, 1.82) is 0 Å². The van der Waals surface area contributed by atoms with Gasteiger partial charge in [0.2, 0.25) is 6.79 Å². The molecule has 4 heteroatoms. The van der Waals surface area contributed by atoms with Crippen molar-refractivity contribution in [3.63, 3.8) is 0 Å². The molecule has 1 aliphatic heterocycles. The van der Waals surface area contributed by atoms with E-state index in [2.05, 4.69) is 0 Å². The largest absolute Gasteiger partial charge is 0.495 e. The number of fused-ring (bicyclic) bond motifs is 1. The van der Waals surface area contributed by atoms with Gasteiger partial charge in [-0.15, -0.1) is 0 Å². The molecule has 0 aromatic heterocycles. The van der Waals surface area contributed by atoms with Gasteiger partial charge < -0.3 is 14.2 Å². The number of rotatable bonds is 1. The van der Waals surface area contributed by atoms with Crippen LogP contribution in [0.5, 0.6) is 17.2 Å².